The van der Waals surface area contributed by atoms with E-state index in [9.17, 15) is 19.5 Å². The lowest BCUT2D eigenvalue weighted by Crippen LogP contribution is -2.44. The van der Waals surface area contributed by atoms with E-state index < -0.39 is 24.3 Å². The summed E-state index contributed by atoms with van der Waals surface area (Å²) in [4.78, 5) is 37.5. The van der Waals surface area contributed by atoms with Crippen LogP contribution in [0.25, 0.3) is 0 Å². The zero-order valence-corrected chi connectivity index (χ0v) is 57.3. The second kappa shape index (κ2) is 67.4. The maximum absolute atomic E-state index is 12.9. The monoisotopic (exact) mass is 1200 g/mol. The summed E-state index contributed by atoms with van der Waals surface area (Å²) in [5.74, 6) is -2.25. The Morgan fingerprint density at radius 3 is 0.941 bits per heavy atom. The standard InChI is InChI=1S/C76H143NO8/c1-6-8-10-12-14-16-18-20-22-24-26-28-30-32-34-36-37-39-41-43-45-47-49-51-53-55-57-59-61-63-65-67-74(79)85-72(71-84-76(75(80)81)82-69-68-77(3,4)5)70-83-73(78)66-64-62-60-58-56-54-52-50-48-46-44-42-40-38-35-33-31-29-27-25-23-21-19-17-15-13-11-9-7-2/h18,20,24,26,30,32,72,76H,6-17,19,21-23,25,27-29,31,33-71H2,1-5H3/b20-18-,26-24-,32-30-. The molecule has 0 amide bonds. The maximum atomic E-state index is 12.9. The average Bonchev–Trinajstić information content (AvgIpc) is 3.49. The predicted octanol–water partition coefficient (Wildman–Crippen LogP) is 21.8. The number of carbonyl (C=O) groups excluding carboxylic acids is 3. The molecule has 0 heterocycles. The minimum atomic E-state index is -1.62. The Hall–Kier alpha value is -2.49. The SMILES string of the molecule is CCCCCCC/C=C\C/C=C\C/C=C\CCCCCCCCCCCCCCCCCCC(=O)OC(COC(=O)CCCCCCCCCCCCCCCCCCCCCCCCCCCCCCC)COC(OCC[N+](C)(C)C)C(=O)[O-]. The lowest BCUT2D eigenvalue weighted by Gasteiger charge is -2.26. The van der Waals surface area contributed by atoms with Gasteiger partial charge in [0.15, 0.2) is 12.4 Å². The number of nitrogens with zero attached hydrogens (tertiary/aromatic N) is 1. The van der Waals surface area contributed by atoms with Crippen molar-refractivity contribution in [2.24, 2.45) is 0 Å². The number of ether oxygens (including phenoxy) is 4. The molecular formula is C76H143NO8. The molecule has 0 aliphatic heterocycles. The van der Waals surface area contributed by atoms with E-state index in [0.717, 1.165) is 44.9 Å². The minimum absolute atomic E-state index is 0.150. The fourth-order valence-corrected chi connectivity index (χ4v) is 11.2. The highest BCUT2D eigenvalue weighted by atomic mass is 16.7. The summed E-state index contributed by atoms with van der Waals surface area (Å²) in [6, 6.07) is 0. The lowest BCUT2D eigenvalue weighted by atomic mass is 10.0. The van der Waals surface area contributed by atoms with E-state index in [4.69, 9.17) is 18.9 Å². The van der Waals surface area contributed by atoms with Gasteiger partial charge in [0.05, 0.1) is 40.3 Å². The van der Waals surface area contributed by atoms with E-state index in [1.807, 2.05) is 21.1 Å². The minimum Gasteiger partial charge on any atom is -0.545 e. The van der Waals surface area contributed by atoms with Crippen molar-refractivity contribution in [2.45, 2.75) is 386 Å². The molecule has 0 aliphatic carbocycles. The van der Waals surface area contributed by atoms with E-state index in [0.29, 0.717) is 23.9 Å². The van der Waals surface area contributed by atoms with Crippen LogP contribution in [0.4, 0.5) is 0 Å². The normalized spacial score (nSPS) is 12.8. The van der Waals surface area contributed by atoms with Gasteiger partial charge in [0.25, 0.3) is 0 Å². The Morgan fingerprint density at radius 2 is 0.635 bits per heavy atom. The molecule has 0 bridgehead atoms. The number of carboxylic acids is 1. The Balaban J connectivity index is 4.04. The number of likely N-dealkylation sites (N-methyl/N-ethyl adjacent to an activating group) is 1. The second-order valence-corrected chi connectivity index (χ2v) is 26.6. The Labute approximate surface area is 528 Å². The number of hydrogen-bond acceptors (Lipinski definition) is 8. The molecule has 0 fully saturated rings. The van der Waals surface area contributed by atoms with Crippen LogP contribution in [0.15, 0.2) is 36.5 Å². The molecule has 0 rings (SSSR count). The lowest BCUT2D eigenvalue weighted by molar-refractivity contribution is -0.870. The fraction of sp³-hybridized carbons (Fsp3) is 0.882. The molecule has 0 saturated heterocycles. The summed E-state index contributed by atoms with van der Waals surface area (Å²) in [6.07, 6.45) is 82.4. The number of unbranched alkanes of at least 4 members (excludes halogenated alkanes) is 49. The average molecular weight is 1200 g/mol. The van der Waals surface area contributed by atoms with E-state index >= 15 is 0 Å². The van der Waals surface area contributed by atoms with E-state index in [2.05, 4.69) is 50.3 Å². The van der Waals surface area contributed by atoms with Crippen molar-refractivity contribution in [1.82, 2.24) is 0 Å². The van der Waals surface area contributed by atoms with Crippen molar-refractivity contribution in [3.63, 3.8) is 0 Å². The first-order chi connectivity index (χ1) is 41.6. The third-order valence-electron chi connectivity index (χ3n) is 16.9. The molecule has 0 radical (unpaired) electrons. The third-order valence-corrected chi connectivity index (χ3v) is 16.9. The van der Waals surface area contributed by atoms with E-state index in [1.165, 1.54) is 295 Å². The summed E-state index contributed by atoms with van der Waals surface area (Å²) in [5, 5.41) is 11.8. The van der Waals surface area contributed by atoms with Crippen molar-refractivity contribution in [3.05, 3.63) is 36.5 Å². The van der Waals surface area contributed by atoms with Gasteiger partial charge in [-0.25, -0.2) is 0 Å². The maximum Gasteiger partial charge on any atom is 0.306 e. The molecule has 2 atom stereocenters. The highest BCUT2D eigenvalue weighted by molar-refractivity contribution is 5.70. The number of hydrogen-bond donors (Lipinski definition) is 0. The molecule has 2 unspecified atom stereocenters. The zero-order chi connectivity index (χ0) is 61.9. The number of carboxylic acid groups (broad SMARTS) is 1. The summed E-state index contributed by atoms with van der Waals surface area (Å²) in [5.41, 5.74) is 0. The molecule has 9 nitrogen and oxygen atoms in total. The summed E-state index contributed by atoms with van der Waals surface area (Å²) < 4.78 is 22.9. The van der Waals surface area contributed by atoms with Crippen molar-refractivity contribution in [3.8, 4) is 0 Å². The van der Waals surface area contributed by atoms with Crippen LogP contribution in [0.1, 0.15) is 373 Å². The number of carbonyl (C=O) groups is 3. The molecule has 500 valence electrons. The molecule has 85 heavy (non-hydrogen) atoms. The van der Waals surface area contributed by atoms with Gasteiger partial charge >= 0.3 is 11.9 Å². The molecule has 0 spiro atoms. The van der Waals surface area contributed by atoms with Gasteiger partial charge in [-0.3, -0.25) is 9.59 Å². The first-order valence-electron chi connectivity index (χ1n) is 37.1. The summed E-state index contributed by atoms with van der Waals surface area (Å²) in [6.45, 7) is 4.81. The molecule has 0 aromatic heterocycles. The Bertz CT molecular complexity index is 1490. The van der Waals surface area contributed by atoms with E-state index in [-0.39, 0.29) is 32.2 Å². The first-order valence-corrected chi connectivity index (χ1v) is 37.1. The van der Waals surface area contributed by atoms with Crippen LogP contribution in [-0.4, -0.2) is 82.3 Å². The molecule has 0 aromatic rings. The van der Waals surface area contributed by atoms with Gasteiger partial charge in [0.2, 0.25) is 0 Å². The number of aliphatic carboxylic acids is 1. The quantitative estimate of drug-likeness (QED) is 0.0195. The highest BCUT2D eigenvalue weighted by Gasteiger charge is 2.22. The van der Waals surface area contributed by atoms with Crippen LogP contribution in [0, 0.1) is 0 Å². The highest BCUT2D eigenvalue weighted by Crippen LogP contribution is 2.19. The van der Waals surface area contributed by atoms with Crippen LogP contribution in [0.5, 0.6) is 0 Å². The molecule has 0 aliphatic rings. The van der Waals surface area contributed by atoms with Crippen molar-refractivity contribution in [2.75, 3.05) is 47.5 Å². The number of esters is 2. The van der Waals surface area contributed by atoms with Crippen LogP contribution in [0.2, 0.25) is 0 Å². The van der Waals surface area contributed by atoms with Crippen LogP contribution in [0.3, 0.4) is 0 Å². The van der Waals surface area contributed by atoms with Crippen LogP contribution < -0.4 is 5.11 Å². The van der Waals surface area contributed by atoms with Gasteiger partial charge in [-0.1, -0.05) is 346 Å². The topological polar surface area (TPSA) is 111 Å². The summed E-state index contributed by atoms with van der Waals surface area (Å²) >= 11 is 0. The van der Waals surface area contributed by atoms with Gasteiger partial charge in [-0.05, 0) is 51.4 Å². The molecular weight excluding hydrogens is 1050 g/mol. The van der Waals surface area contributed by atoms with Crippen LogP contribution in [-0.2, 0) is 33.3 Å². The Kier molecular flexibility index (Phi) is 65.5. The number of rotatable bonds is 70. The first kappa shape index (κ1) is 82.5. The largest absolute Gasteiger partial charge is 0.545 e. The fourth-order valence-electron chi connectivity index (χ4n) is 11.2. The van der Waals surface area contributed by atoms with E-state index in [1.54, 1.807) is 0 Å². The third kappa shape index (κ3) is 68.9. The molecule has 0 N–H and O–H groups in total. The van der Waals surface area contributed by atoms with Gasteiger partial charge in [0.1, 0.15) is 13.2 Å². The Morgan fingerprint density at radius 1 is 0.353 bits per heavy atom. The smallest absolute Gasteiger partial charge is 0.306 e. The number of allylic oxidation sites excluding steroid dienone is 6. The van der Waals surface area contributed by atoms with Crippen molar-refractivity contribution < 1.29 is 42.9 Å². The van der Waals surface area contributed by atoms with Crippen molar-refractivity contribution in [1.29, 1.82) is 0 Å². The molecule has 9 heteroatoms. The summed E-state index contributed by atoms with van der Waals surface area (Å²) in [7, 11) is 5.95. The van der Waals surface area contributed by atoms with Gasteiger partial charge < -0.3 is 33.3 Å². The van der Waals surface area contributed by atoms with Gasteiger partial charge in [-0.2, -0.15) is 0 Å². The second-order valence-electron chi connectivity index (χ2n) is 26.6. The van der Waals surface area contributed by atoms with Crippen LogP contribution >= 0.6 is 0 Å². The van der Waals surface area contributed by atoms with Gasteiger partial charge in [0, 0.05) is 12.8 Å². The van der Waals surface area contributed by atoms with Gasteiger partial charge in [-0.15, -0.1) is 0 Å². The zero-order valence-electron chi connectivity index (χ0n) is 57.3. The predicted molar refractivity (Wildman–Crippen MR) is 362 cm³/mol. The van der Waals surface area contributed by atoms with Crippen molar-refractivity contribution >= 4 is 17.9 Å². The molecule has 0 saturated carbocycles. The number of quaternary nitrogens is 1. The molecule has 0 aromatic carbocycles.